The second-order valence-electron chi connectivity index (χ2n) is 4.94. The molecular weight excluding hydrogens is 225 g/mol. The fourth-order valence-electron chi connectivity index (χ4n) is 2.33. The molecule has 1 rings (SSSR count). The maximum atomic E-state index is 14.1. The van der Waals surface area contributed by atoms with Crippen molar-refractivity contribution in [3.05, 3.63) is 35.1 Å². The van der Waals surface area contributed by atoms with Crippen molar-refractivity contribution in [2.45, 2.75) is 58.9 Å². The Kier molecular flexibility index (Phi) is 6.96. The minimum Gasteiger partial charge on any atom is -0.310 e. The largest absolute Gasteiger partial charge is 0.310 e. The van der Waals surface area contributed by atoms with Gasteiger partial charge in [-0.2, -0.15) is 0 Å². The molecule has 102 valence electrons. The van der Waals surface area contributed by atoms with Crippen molar-refractivity contribution in [1.82, 2.24) is 5.32 Å². The lowest BCUT2D eigenvalue weighted by Gasteiger charge is -2.19. The van der Waals surface area contributed by atoms with Crippen molar-refractivity contribution in [3.63, 3.8) is 0 Å². The minimum atomic E-state index is -0.0426. The van der Waals surface area contributed by atoms with Gasteiger partial charge in [-0.15, -0.1) is 0 Å². The Bertz CT molecular complexity index is 349. The van der Waals surface area contributed by atoms with Crippen molar-refractivity contribution < 1.29 is 4.39 Å². The van der Waals surface area contributed by atoms with Gasteiger partial charge in [0.1, 0.15) is 5.82 Å². The van der Waals surface area contributed by atoms with Crippen molar-refractivity contribution in [3.8, 4) is 0 Å². The zero-order chi connectivity index (χ0) is 13.4. The standard InChI is InChI=1S/C16H26FN/c1-4-6-7-8-12-15(18-5-2)14-11-9-10-13(3)16(14)17/h9-11,15,18H,4-8,12H2,1-3H3. The third kappa shape index (κ3) is 4.41. The molecule has 0 heterocycles. The van der Waals surface area contributed by atoms with Crippen LogP contribution in [0.15, 0.2) is 18.2 Å². The van der Waals surface area contributed by atoms with E-state index in [4.69, 9.17) is 0 Å². The van der Waals surface area contributed by atoms with E-state index in [0.29, 0.717) is 0 Å². The molecule has 1 aromatic carbocycles. The first kappa shape index (κ1) is 15.2. The Labute approximate surface area is 111 Å². The predicted octanol–water partition coefficient (Wildman–Crippen LogP) is 4.76. The highest BCUT2D eigenvalue weighted by atomic mass is 19.1. The molecule has 0 aliphatic heterocycles. The first-order valence-corrected chi connectivity index (χ1v) is 7.19. The van der Waals surface area contributed by atoms with Gasteiger partial charge in [-0.05, 0) is 25.5 Å². The Morgan fingerprint density at radius 2 is 1.94 bits per heavy atom. The maximum Gasteiger partial charge on any atom is 0.130 e. The van der Waals surface area contributed by atoms with E-state index in [9.17, 15) is 4.39 Å². The number of unbranched alkanes of at least 4 members (excludes halogenated alkanes) is 3. The molecule has 0 amide bonds. The molecule has 1 atom stereocenters. The van der Waals surface area contributed by atoms with Gasteiger partial charge in [-0.3, -0.25) is 0 Å². The minimum absolute atomic E-state index is 0.0426. The van der Waals surface area contributed by atoms with Crippen molar-refractivity contribution in [2.75, 3.05) is 6.54 Å². The van der Waals surface area contributed by atoms with Crippen LogP contribution in [0, 0.1) is 12.7 Å². The molecule has 0 saturated heterocycles. The molecule has 0 saturated carbocycles. The number of nitrogens with one attached hydrogen (secondary N) is 1. The van der Waals surface area contributed by atoms with E-state index in [-0.39, 0.29) is 11.9 Å². The summed E-state index contributed by atoms with van der Waals surface area (Å²) in [6.45, 7) is 7.00. The molecule has 1 nitrogen and oxygen atoms in total. The van der Waals surface area contributed by atoms with Crippen molar-refractivity contribution >= 4 is 0 Å². The van der Waals surface area contributed by atoms with Crippen LogP contribution >= 0.6 is 0 Å². The van der Waals surface area contributed by atoms with E-state index in [1.165, 1.54) is 25.7 Å². The summed E-state index contributed by atoms with van der Waals surface area (Å²) in [5, 5.41) is 3.40. The van der Waals surface area contributed by atoms with E-state index >= 15 is 0 Å². The highest BCUT2D eigenvalue weighted by Gasteiger charge is 2.15. The summed E-state index contributed by atoms with van der Waals surface area (Å²) >= 11 is 0. The van der Waals surface area contributed by atoms with Gasteiger partial charge in [0.2, 0.25) is 0 Å². The maximum absolute atomic E-state index is 14.1. The van der Waals surface area contributed by atoms with Gasteiger partial charge in [-0.25, -0.2) is 4.39 Å². The summed E-state index contributed by atoms with van der Waals surface area (Å²) < 4.78 is 14.1. The molecule has 0 radical (unpaired) electrons. The molecule has 1 unspecified atom stereocenters. The van der Waals surface area contributed by atoms with Crippen molar-refractivity contribution in [1.29, 1.82) is 0 Å². The van der Waals surface area contributed by atoms with E-state index in [1.807, 2.05) is 25.1 Å². The van der Waals surface area contributed by atoms with E-state index < -0.39 is 0 Å². The average molecular weight is 251 g/mol. The Balaban J connectivity index is 2.68. The molecule has 0 spiro atoms. The quantitative estimate of drug-likeness (QED) is 0.657. The van der Waals surface area contributed by atoms with Crippen LogP contribution in [0.5, 0.6) is 0 Å². The molecule has 18 heavy (non-hydrogen) atoms. The third-order valence-electron chi connectivity index (χ3n) is 3.39. The van der Waals surface area contributed by atoms with Crippen molar-refractivity contribution in [2.24, 2.45) is 0 Å². The monoisotopic (exact) mass is 251 g/mol. The third-order valence-corrected chi connectivity index (χ3v) is 3.39. The molecule has 1 N–H and O–H groups in total. The Morgan fingerprint density at radius 1 is 1.17 bits per heavy atom. The highest BCUT2D eigenvalue weighted by molar-refractivity contribution is 5.27. The Hall–Kier alpha value is -0.890. The lowest BCUT2D eigenvalue weighted by molar-refractivity contribution is 0.459. The number of rotatable bonds is 8. The number of hydrogen-bond acceptors (Lipinski definition) is 1. The molecule has 0 fully saturated rings. The first-order chi connectivity index (χ1) is 8.70. The molecule has 0 aromatic heterocycles. The number of halogens is 1. The van der Waals surface area contributed by atoms with Crippen LogP contribution in [0.25, 0.3) is 0 Å². The van der Waals surface area contributed by atoms with Crippen LogP contribution in [0.2, 0.25) is 0 Å². The summed E-state index contributed by atoms with van der Waals surface area (Å²) in [6, 6.07) is 5.85. The summed E-state index contributed by atoms with van der Waals surface area (Å²) in [6.07, 6.45) is 5.94. The van der Waals surface area contributed by atoms with Crippen LogP contribution < -0.4 is 5.32 Å². The number of benzene rings is 1. The van der Waals surface area contributed by atoms with Crippen LogP contribution in [-0.2, 0) is 0 Å². The second-order valence-corrected chi connectivity index (χ2v) is 4.94. The van der Waals surface area contributed by atoms with Gasteiger partial charge in [-0.1, -0.05) is 57.7 Å². The molecule has 1 aromatic rings. The van der Waals surface area contributed by atoms with Gasteiger partial charge in [0.05, 0.1) is 0 Å². The van der Waals surface area contributed by atoms with E-state index in [0.717, 1.165) is 24.1 Å². The highest BCUT2D eigenvalue weighted by Crippen LogP contribution is 2.24. The predicted molar refractivity (Wildman–Crippen MR) is 76.3 cm³/mol. The number of hydrogen-bond donors (Lipinski definition) is 1. The summed E-state index contributed by atoms with van der Waals surface area (Å²) in [5.41, 5.74) is 1.57. The van der Waals surface area contributed by atoms with Crippen LogP contribution in [0.1, 0.15) is 63.1 Å². The molecule has 2 heteroatoms. The normalized spacial score (nSPS) is 12.7. The molecular formula is C16H26FN. The summed E-state index contributed by atoms with van der Waals surface area (Å²) in [4.78, 5) is 0. The zero-order valence-electron chi connectivity index (χ0n) is 11.9. The average Bonchev–Trinajstić information content (AvgIpc) is 2.37. The summed E-state index contributed by atoms with van der Waals surface area (Å²) in [7, 11) is 0. The van der Waals surface area contributed by atoms with E-state index in [2.05, 4.69) is 19.2 Å². The Morgan fingerprint density at radius 3 is 2.61 bits per heavy atom. The smallest absolute Gasteiger partial charge is 0.130 e. The van der Waals surface area contributed by atoms with Gasteiger partial charge in [0, 0.05) is 11.6 Å². The second kappa shape index (κ2) is 8.25. The number of aryl methyl sites for hydroxylation is 1. The molecule has 0 bridgehead atoms. The lowest BCUT2D eigenvalue weighted by Crippen LogP contribution is -2.22. The summed E-state index contributed by atoms with van der Waals surface area (Å²) in [5.74, 6) is -0.0426. The lowest BCUT2D eigenvalue weighted by atomic mass is 9.98. The topological polar surface area (TPSA) is 12.0 Å². The van der Waals surface area contributed by atoms with Crippen LogP contribution in [-0.4, -0.2) is 6.54 Å². The zero-order valence-corrected chi connectivity index (χ0v) is 11.9. The molecule has 0 aliphatic rings. The fourth-order valence-corrected chi connectivity index (χ4v) is 2.33. The van der Waals surface area contributed by atoms with Gasteiger partial charge in [0.15, 0.2) is 0 Å². The van der Waals surface area contributed by atoms with Crippen LogP contribution in [0.4, 0.5) is 4.39 Å². The first-order valence-electron chi connectivity index (χ1n) is 7.19. The molecule has 0 aliphatic carbocycles. The van der Waals surface area contributed by atoms with Gasteiger partial charge >= 0.3 is 0 Å². The van der Waals surface area contributed by atoms with Gasteiger partial charge < -0.3 is 5.32 Å². The van der Waals surface area contributed by atoms with E-state index in [1.54, 1.807) is 0 Å². The van der Waals surface area contributed by atoms with Crippen LogP contribution in [0.3, 0.4) is 0 Å². The fraction of sp³-hybridized carbons (Fsp3) is 0.625. The van der Waals surface area contributed by atoms with Gasteiger partial charge in [0.25, 0.3) is 0 Å². The SMILES string of the molecule is CCCCCCC(NCC)c1cccc(C)c1F.